The summed E-state index contributed by atoms with van der Waals surface area (Å²) in [6, 6.07) is 0. The molecule has 0 heterocycles. The molecule has 0 aromatic rings. The molecule has 0 bridgehead atoms. The average Bonchev–Trinajstić information content (AvgIpc) is 2.09. The number of aliphatic hydroxyl groups excluding tert-OH is 1. The lowest BCUT2D eigenvalue weighted by Crippen LogP contribution is -2.11. The molecule has 0 saturated heterocycles. The van der Waals surface area contributed by atoms with Crippen molar-refractivity contribution in [3.63, 3.8) is 0 Å². The van der Waals surface area contributed by atoms with Gasteiger partial charge in [-0.1, -0.05) is 0 Å². The van der Waals surface area contributed by atoms with E-state index in [1.54, 1.807) is 6.92 Å². The Morgan fingerprint density at radius 2 is 1.92 bits per heavy atom. The SMILES string of the molecule is CC1=CC(=O)C(CCCO)=CC1=O. The Hall–Kier alpha value is -1.22. The number of hydrogen-bond acceptors (Lipinski definition) is 3. The highest BCUT2D eigenvalue weighted by Crippen LogP contribution is 2.15. The third kappa shape index (κ3) is 2.36. The molecule has 3 nitrogen and oxygen atoms in total. The first-order valence-corrected chi connectivity index (χ1v) is 4.23. The molecule has 70 valence electrons. The van der Waals surface area contributed by atoms with Crippen LogP contribution in [-0.4, -0.2) is 23.3 Å². The molecule has 0 atom stereocenters. The molecular formula is C10H12O3. The lowest BCUT2D eigenvalue weighted by molar-refractivity contribution is -0.115. The van der Waals surface area contributed by atoms with E-state index in [1.165, 1.54) is 12.2 Å². The first kappa shape index (κ1) is 9.86. The van der Waals surface area contributed by atoms with Crippen LogP contribution in [0, 0.1) is 0 Å². The highest BCUT2D eigenvalue weighted by atomic mass is 16.3. The normalized spacial score (nSPS) is 17.1. The second-order valence-corrected chi connectivity index (χ2v) is 3.05. The number of carbonyl (C=O) groups excluding carboxylic acids is 2. The molecule has 0 amide bonds. The molecule has 1 rings (SSSR count). The molecular weight excluding hydrogens is 168 g/mol. The summed E-state index contributed by atoms with van der Waals surface area (Å²) in [7, 11) is 0. The van der Waals surface area contributed by atoms with Crippen molar-refractivity contribution < 1.29 is 14.7 Å². The molecule has 0 saturated carbocycles. The zero-order valence-corrected chi connectivity index (χ0v) is 7.54. The Bertz CT molecular complexity index is 297. The zero-order valence-electron chi connectivity index (χ0n) is 7.54. The van der Waals surface area contributed by atoms with E-state index in [-0.39, 0.29) is 18.2 Å². The predicted molar refractivity (Wildman–Crippen MR) is 48.2 cm³/mol. The number of rotatable bonds is 3. The molecule has 0 radical (unpaired) electrons. The lowest BCUT2D eigenvalue weighted by Gasteiger charge is -2.08. The molecule has 0 aromatic carbocycles. The fourth-order valence-electron chi connectivity index (χ4n) is 1.17. The third-order valence-corrected chi connectivity index (χ3v) is 1.96. The largest absolute Gasteiger partial charge is 0.396 e. The van der Waals surface area contributed by atoms with Crippen molar-refractivity contribution in [3.8, 4) is 0 Å². The Morgan fingerprint density at radius 3 is 2.54 bits per heavy atom. The van der Waals surface area contributed by atoms with Gasteiger partial charge in [-0.3, -0.25) is 9.59 Å². The first-order chi connectivity index (χ1) is 6.15. The molecule has 0 fully saturated rings. The smallest absolute Gasteiger partial charge is 0.182 e. The molecule has 0 aromatic heterocycles. The van der Waals surface area contributed by atoms with Crippen molar-refractivity contribution in [2.45, 2.75) is 19.8 Å². The van der Waals surface area contributed by atoms with Crippen molar-refractivity contribution in [3.05, 3.63) is 23.3 Å². The van der Waals surface area contributed by atoms with Crippen LogP contribution in [0.4, 0.5) is 0 Å². The monoisotopic (exact) mass is 180 g/mol. The molecule has 1 N–H and O–H groups in total. The molecule has 13 heavy (non-hydrogen) atoms. The van der Waals surface area contributed by atoms with Crippen LogP contribution in [0.25, 0.3) is 0 Å². The van der Waals surface area contributed by atoms with Crippen molar-refractivity contribution in [1.29, 1.82) is 0 Å². The van der Waals surface area contributed by atoms with E-state index < -0.39 is 0 Å². The van der Waals surface area contributed by atoms with Gasteiger partial charge in [-0.15, -0.1) is 0 Å². The second-order valence-electron chi connectivity index (χ2n) is 3.05. The van der Waals surface area contributed by atoms with Gasteiger partial charge >= 0.3 is 0 Å². The number of carbonyl (C=O) groups is 2. The topological polar surface area (TPSA) is 54.4 Å². The number of aliphatic hydroxyl groups is 1. The van der Waals surface area contributed by atoms with Gasteiger partial charge in [0.2, 0.25) is 0 Å². The van der Waals surface area contributed by atoms with Gasteiger partial charge in [0.1, 0.15) is 0 Å². The Balaban J connectivity index is 2.71. The summed E-state index contributed by atoms with van der Waals surface area (Å²) in [5.41, 5.74) is 0.988. The van der Waals surface area contributed by atoms with Crippen LogP contribution >= 0.6 is 0 Å². The minimum absolute atomic E-state index is 0.0432. The van der Waals surface area contributed by atoms with Crippen LogP contribution in [0.5, 0.6) is 0 Å². The number of allylic oxidation sites excluding steroid dienone is 4. The highest BCUT2D eigenvalue weighted by Gasteiger charge is 2.16. The van der Waals surface area contributed by atoms with Gasteiger partial charge in [-0.25, -0.2) is 0 Å². The minimum atomic E-state index is -0.106. The van der Waals surface area contributed by atoms with E-state index in [2.05, 4.69) is 0 Å². The summed E-state index contributed by atoms with van der Waals surface area (Å²) in [5.74, 6) is -0.210. The summed E-state index contributed by atoms with van der Waals surface area (Å²) in [5, 5.41) is 8.56. The van der Waals surface area contributed by atoms with Crippen LogP contribution < -0.4 is 0 Å². The lowest BCUT2D eigenvalue weighted by atomic mass is 9.95. The van der Waals surface area contributed by atoms with Crippen molar-refractivity contribution in [2.75, 3.05) is 6.61 Å². The molecule has 1 aliphatic carbocycles. The molecule has 3 heteroatoms. The van der Waals surface area contributed by atoms with E-state index >= 15 is 0 Å². The summed E-state index contributed by atoms with van der Waals surface area (Å²) < 4.78 is 0. The summed E-state index contributed by atoms with van der Waals surface area (Å²) in [6.07, 6.45) is 3.73. The summed E-state index contributed by atoms with van der Waals surface area (Å²) in [4.78, 5) is 22.4. The quantitative estimate of drug-likeness (QED) is 0.653. The highest BCUT2D eigenvalue weighted by molar-refractivity contribution is 6.19. The minimum Gasteiger partial charge on any atom is -0.396 e. The van der Waals surface area contributed by atoms with Gasteiger partial charge in [0.05, 0.1) is 0 Å². The Kier molecular flexibility index (Phi) is 3.14. The molecule has 0 aliphatic heterocycles. The van der Waals surface area contributed by atoms with Gasteiger partial charge < -0.3 is 5.11 Å². The van der Waals surface area contributed by atoms with E-state index in [0.29, 0.717) is 24.0 Å². The summed E-state index contributed by atoms with van der Waals surface area (Å²) in [6.45, 7) is 1.67. The zero-order chi connectivity index (χ0) is 9.84. The van der Waals surface area contributed by atoms with Gasteiger partial charge in [-0.05, 0) is 31.9 Å². The maximum atomic E-state index is 11.3. The average molecular weight is 180 g/mol. The molecule has 0 unspecified atom stereocenters. The van der Waals surface area contributed by atoms with E-state index in [4.69, 9.17) is 5.11 Å². The van der Waals surface area contributed by atoms with Gasteiger partial charge in [0.25, 0.3) is 0 Å². The fraction of sp³-hybridized carbons (Fsp3) is 0.400. The van der Waals surface area contributed by atoms with E-state index in [9.17, 15) is 9.59 Å². The Labute approximate surface area is 76.8 Å². The van der Waals surface area contributed by atoms with Gasteiger partial charge in [0.15, 0.2) is 11.6 Å². The van der Waals surface area contributed by atoms with Crippen LogP contribution in [0.3, 0.4) is 0 Å². The maximum absolute atomic E-state index is 11.3. The summed E-state index contributed by atoms with van der Waals surface area (Å²) >= 11 is 0. The first-order valence-electron chi connectivity index (χ1n) is 4.23. The van der Waals surface area contributed by atoms with Crippen molar-refractivity contribution in [2.24, 2.45) is 0 Å². The maximum Gasteiger partial charge on any atom is 0.182 e. The van der Waals surface area contributed by atoms with Crippen LogP contribution in [0.1, 0.15) is 19.8 Å². The number of ketones is 2. The van der Waals surface area contributed by atoms with Crippen molar-refractivity contribution in [1.82, 2.24) is 0 Å². The Morgan fingerprint density at radius 1 is 1.23 bits per heavy atom. The predicted octanol–water partition coefficient (Wildman–Crippen LogP) is 0.783. The standard InChI is InChI=1S/C10H12O3/c1-7-5-10(13)8(3-2-4-11)6-9(7)12/h5-6,11H,2-4H2,1H3. The fourth-order valence-corrected chi connectivity index (χ4v) is 1.17. The van der Waals surface area contributed by atoms with Crippen LogP contribution in [0.2, 0.25) is 0 Å². The molecule has 0 spiro atoms. The van der Waals surface area contributed by atoms with E-state index in [1.807, 2.05) is 0 Å². The van der Waals surface area contributed by atoms with Crippen LogP contribution in [-0.2, 0) is 9.59 Å². The van der Waals surface area contributed by atoms with E-state index in [0.717, 1.165) is 0 Å². The van der Waals surface area contributed by atoms with Crippen molar-refractivity contribution >= 4 is 11.6 Å². The van der Waals surface area contributed by atoms with Gasteiger partial charge in [0, 0.05) is 17.8 Å². The van der Waals surface area contributed by atoms with Gasteiger partial charge in [-0.2, -0.15) is 0 Å². The van der Waals surface area contributed by atoms with Crippen LogP contribution in [0.15, 0.2) is 23.3 Å². The number of hydrogen-bond donors (Lipinski definition) is 1. The second kappa shape index (κ2) is 4.14. The molecule has 1 aliphatic rings. The third-order valence-electron chi connectivity index (χ3n) is 1.96.